The Labute approximate surface area is 79.2 Å². The molecule has 0 spiro atoms. The number of rotatable bonds is 2. The van der Waals surface area contributed by atoms with Gasteiger partial charge in [-0.1, -0.05) is 6.07 Å². The van der Waals surface area contributed by atoms with Crippen LogP contribution < -0.4 is 10.9 Å². The van der Waals surface area contributed by atoms with Gasteiger partial charge < -0.3 is 5.73 Å². The van der Waals surface area contributed by atoms with Crippen LogP contribution in [0.15, 0.2) is 23.1 Å². The van der Waals surface area contributed by atoms with E-state index in [-0.39, 0.29) is 0 Å². The van der Waals surface area contributed by atoms with Crippen LogP contribution in [0.2, 0.25) is 0 Å². The number of halogens is 1. The summed E-state index contributed by atoms with van der Waals surface area (Å²) in [5.41, 5.74) is 6.38. The number of hydrogen-bond acceptors (Lipinski definition) is 4. The van der Waals surface area contributed by atoms with E-state index in [9.17, 15) is 4.79 Å². The van der Waals surface area contributed by atoms with Gasteiger partial charge in [0.2, 0.25) is 0 Å². The molecule has 1 rings (SSSR count). The normalized spacial score (nSPS) is 9.83. The highest BCUT2D eigenvalue weighted by Crippen LogP contribution is 2.26. The lowest BCUT2D eigenvalue weighted by Crippen LogP contribution is -1.98. The summed E-state index contributed by atoms with van der Waals surface area (Å²) in [6.45, 7) is 0. The zero-order valence-electron chi connectivity index (χ0n) is 6.08. The van der Waals surface area contributed by atoms with E-state index in [4.69, 9.17) is 22.5 Å². The zero-order valence-corrected chi connectivity index (χ0v) is 7.65. The van der Waals surface area contributed by atoms with Gasteiger partial charge in [0.15, 0.2) is 0 Å². The molecule has 0 radical (unpaired) electrons. The van der Waals surface area contributed by atoms with E-state index in [1.54, 1.807) is 18.2 Å². The highest BCUT2D eigenvalue weighted by atomic mass is 35.5. The minimum atomic E-state index is -0.546. The Kier molecular flexibility index (Phi) is 2.97. The fourth-order valence-electron chi connectivity index (χ4n) is 0.841. The van der Waals surface area contributed by atoms with Crippen molar-refractivity contribution in [2.24, 2.45) is 5.14 Å². The summed E-state index contributed by atoms with van der Waals surface area (Å²) in [5.74, 6) is 0. The molecule has 0 saturated carbocycles. The van der Waals surface area contributed by atoms with Crippen LogP contribution in [0, 0.1) is 0 Å². The summed E-state index contributed by atoms with van der Waals surface area (Å²) in [6.07, 6.45) is 0. The number of benzene rings is 1. The van der Waals surface area contributed by atoms with E-state index in [0.29, 0.717) is 16.1 Å². The lowest BCUT2D eigenvalue weighted by Gasteiger charge is -2.04. The van der Waals surface area contributed by atoms with E-state index in [2.05, 4.69) is 0 Å². The van der Waals surface area contributed by atoms with Crippen molar-refractivity contribution in [2.75, 3.05) is 5.73 Å². The molecule has 0 saturated heterocycles. The summed E-state index contributed by atoms with van der Waals surface area (Å²) >= 11 is 6.22. The maximum Gasteiger partial charge on any atom is 0.253 e. The third-order valence-corrected chi connectivity index (χ3v) is 2.27. The lowest BCUT2D eigenvalue weighted by molar-refractivity contribution is 0.107. The second-order valence-electron chi connectivity index (χ2n) is 2.12. The maximum absolute atomic E-state index is 10.8. The number of anilines is 1. The van der Waals surface area contributed by atoms with Gasteiger partial charge in [-0.2, -0.15) is 0 Å². The lowest BCUT2D eigenvalue weighted by atomic mass is 10.2. The first-order valence-electron chi connectivity index (χ1n) is 3.12. The van der Waals surface area contributed by atoms with Crippen LogP contribution in [0.25, 0.3) is 0 Å². The number of nitrogens with two attached hydrogens (primary N) is 2. The Bertz CT molecular complexity index is 316. The average Bonchev–Trinajstić information content (AvgIpc) is 2.03. The Morgan fingerprint density at radius 3 is 2.58 bits per heavy atom. The molecular weight excluding hydrogens is 196 g/mol. The largest absolute Gasteiger partial charge is 0.398 e. The first-order valence-corrected chi connectivity index (χ1v) is 4.37. The number of hydrogen-bond donors (Lipinski definition) is 2. The molecule has 0 fully saturated rings. The van der Waals surface area contributed by atoms with Crippen LogP contribution >= 0.6 is 23.5 Å². The van der Waals surface area contributed by atoms with Gasteiger partial charge >= 0.3 is 0 Å². The molecule has 0 bridgehead atoms. The van der Waals surface area contributed by atoms with E-state index >= 15 is 0 Å². The van der Waals surface area contributed by atoms with Crippen molar-refractivity contribution in [3.05, 3.63) is 23.8 Å². The van der Waals surface area contributed by atoms with Crippen LogP contribution in [-0.4, -0.2) is 5.24 Å². The SMILES string of the molecule is NSc1c(N)cccc1C(=O)Cl. The van der Waals surface area contributed by atoms with E-state index < -0.39 is 5.24 Å². The van der Waals surface area contributed by atoms with E-state index in [1.807, 2.05) is 0 Å². The highest BCUT2D eigenvalue weighted by Gasteiger charge is 2.10. The molecule has 0 heterocycles. The summed E-state index contributed by atoms with van der Waals surface area (Å²) in [6, 6.07) is 4.91. The van der Waals surface area contributed by atoms with Gasteiger partial charge in [-0.05, 0) is 35.7 Å². The van der Waals surface area contributed by atoms with Gasteiger partial charge in [0.25, 0.3) is 5.24 Å². The van der Waals surface area contributed by atoms with E-state index in [1.165, 1.54) is 0 Å². The molecule has 0 atom stereocenters. The van der Waals surface area contributed by atoms with Crippen molar-refractivity contribution in [3.8, 4) is 0 Å². The molecule has 12 heavy (non-hydrogen) atoms. The second kappa shape index (κ2) is 3.80. The zero-order chi connectivity index (χ0) is 9.14. The topological polar surface area (TPSA) is 69.1 Å². The fourth-order valence-corrected chi connectivity index (χ4v) is 1.55. The Morgan fingerprint density at radius 1 is 1.50 bits per heavy atom. The predicted molar refractivity (Wildman–Crippen MR) is 51.1 cm³/mol. The Morgan fingerprint density at radius 2 is 2.17 bits per heavy atom. The molecule has 0 aliphatic rings. The first kappa shape index (κ1) is 9.38. The van der Waals surface area contributed by atoms with Crippen LogP contribution in [0.4, 0.5) is 5.69 Å². The summed E-state index contributed by atoms with van der Waals surface area (Å²) in [5, 5.41) is 4.77. The van der Waals surface area contributed by atoms with Crippen LogP contribution in [0.3, 0.4) is 0 Å². The molecule has 64 valence electrons. The number of nitrogen functional groups attached to an aromatic ring is 1. The van der Waals surface area contributed by atoms with Crippen LogP contribution in [0.5, 0.6) is 0 Å². The second-order valence-corrected chi connectivity index (χ2v) is 3.10. The van der Waals surface area contributed by atoms with Crippen LogP contribution in [0.1, 0.15) is 10.4 Å². The number of carbonyl (C=O) groups is 1. The van der Waals surface area contributed by atoms with Crippen LogP contribution in [-0.2, 0) is 0 Å². The highest BCUT2D eigenvalue weighted by molar-refractivity contribution is 7.97. The van der Waals surface area contributed by atoms with Gasteiger partial charge in [-0.3, -0.25) is 9.93 Å². The van der Waals surface area contributed by atoms with Crippen molar-refractivity contribution < 1.29 is 4.79 Å². The van der Waals surface area contributed by atoms with Gasteiger partial charge in [0.05, 0.1) is 10.5 Å². The molecule has 0 unspecified atom stereocenters. The Balaban J connectivity index is 3.27. The maximum atomic E-state index is 10.8. The predicted octanol–water partition coefficient (Wildman–Crippen LogP) is 1.61. The van der Waals surface area contributed by atoms with Crippen molar-refractivity contribution in [1.29, 1.82) is 0 Å². The third-order valence-electron chi connectivity index (χ3n) is 1.38. The fraction of sp³-hybridized carbons (Fsp3) is 0. The number of carbonyl (C=O) groups excluding carboxylic acids is 1. The van der Waals surface area contributed by atoms with Gasteiger partial charge in [0.1, 0.15) is 0 Å². The quantitative estimate of drug-likeness (QED) is 0.434. The summed E-state index contributed by atoms with van der Waals surface area (Å²) in [4.78, 5) is 11.3. The minimum Gasteiger partial charge on any atom is -0.398 e. The van der Waals surface area contributed by atoms with Crippen molar-refractivity contribution in [3.63, 3.8) is 0 Å². The van der Waals surface area contributed by atoms with Gasteiger partial charge in [-0.25, -0.2) is 0 Å². The molecule has 4 N–H and O–H groups in total. The molecule has 3 nitrogen and oxygen atoms in total. The van der Waals surface area contributed by atoms with Crippen molar-refractivity contribution in [1.82, 2.24) is 0 Å². The molecule has 5 heteroatoms. The van der Waals surface area contributed by atoms with Gasteiger partial charge in [-0.15, -0.1) is 0 Å². The standard InChI is InChI=1S/C7H7ClN2OS/c8-7(11)4-2-1-3-5(9)6(4)12-10/h1-3H,9-10H2. The molecule has 0 amide bonds. The summed E-state index contributed by atoms with van der Waals surface area (Å²) in [7, 11) is 0. The molecule has 1 aromatic rings. The monoisotopic (exact) mass is 202 g/mol. The van der Waals surface area contributed by atoms with Crippen molar-refractivity contribution >= 4 is 34.5 Å². The molecule has 1 aromatic carbocycles. The average molecular weight is 203 g/mol. The Hall–Kier alpha value is -0.710. The van der Waals surface area contributed by atoms with E-state index in [0.717, 1.165) is 11.9 Å². The third kappa shape index (κ3) is 1.72. The van der Waals surface area contributed by atoms with Crippen molar-refractivity contribution in [2.45, 2.75) is 4.90 Å². The smallest absolute Gasteiger partial charge is 0.253 e. The molecule has 0 aromatic heterocycles. The minimum absolute atomic E-state index is 0.351. The molecule has 0 aliphatic carbocycles. The summed E-state index contributed by atoms with van der Waals surface area (Å²) < 4.78 is 0. The molecular formula is C7H7ClN2OS. The first-order chi connectivity index (χ1) is 5.66. The van der Waals surface area contributed by atoms with Gasteiger partial charge in [0, 0.05) is 5.69 Å². The molecule has 0 aliphatic heterocycles.